The summed E-state index contributed by atoms with van der Waals surface area (Å²) in [5, 5.41) is 11.6. The highest BCUT2D eigenvalue weighted by atomic mass is 32.1. The summed E-state index contributed by atoms with van der Waals surface area (Å²) in [4.78, 5) is 32.5. The molecule has 0 aliphatic carbocycles. The van der Waals surface area contributed by atoms with Crippen molar-refractivity contribution < 1.29 is 24.2 Å². The maximum Gasteiger partial charge on any atom is 0.301 e. The van der Waals surface area contributed by atoms with Crippen LogP contribution in [0.3, 0.4) is 0 Å². The Bertz CT molecular complexity index is 1430. The van der Waals surface area contributed by atoms with E-state index in [0.29, 0.717) is 33.3 Å². The molecule has 0 unspecified atom stereocenters. The maximum absolute atomic E-state index is 13.3. The molecule has 1 atom stereocenters. The summed E-state index contributed by atoms with van der Waals surface area (Å²) in [6, 6.07) is 20.4. The van der Waals surface area contributed by atoms with Crippen molar-refractivity contribution in [2.75, 3.05) is 19.1 Å². The first-order valence-corrected chi connectivity index (χ1v) is 11.3. The van der Waals surface area contributed by atoms with Gasteiger partial charge in [0.15, 0.2) is 5.13 Å². The normalized spacial score (nSPS) is 17.4. The second kappa shape index (κ2) is 8.64. The van der Waals surface area contributed by atoms with Crippen LogP contribution in [0.5, 0.6) is 11.5 Å². The Hall–Kier alpha value is -4.17. The Kier molecular flexibility index (Phi) is 5.51. The van der Waals surface area contributed by atoms with E-state index in [9.17, 15) is 14.7 Å². The number of thiazole rings is 1. The van der Waals surface area contributed by atoms with Crippen LogP contribution in [0, 0.1) is 0 Å². The van der Waals surface area contributed by atoms with E-state index in [2.05, 4.69) is 4.98 Å². The molecule has 1 amide bonds. The fourth-order valence-corrected chi connectivity index (χ4v) is 5.03. The zero-order valence-corrected chi connectivity index (χ0v) is 19.2. The Balaban J connectivity index is 1.69. The molecule has 8 heteroatoms. The fourth-order valence-electron chi connectivity index (χ4n) is 4.01. The molecule has 1 aliphatic heterocycles. The number of amides is 1. The Morgan fingerprint density at radius 1 is 0.941 bits per heavy atom. The molecule has 3 aromatic carbocycles. The van der Waals surface area contributed by atoms with Crippen molar-refractivity contribution in [1.29, 1.82) is 0 Å². The van der Waals surface area contributed by atoms with Gasteiger partial charge in [0.2, 0.25) is 0 Å². The number of benzene rings is 3. The van der Waals surface area contributed by atoms with Gasteiger partial charge < -0.3 is 14.6 Å². The van der Waals surface area contributed by atoms with Crippen molar-refractivity contribution in [3.8, 4) is 11.5 Å². The predicted octanol–water partition coefficient (Wildman–Crippen LogP) is 4.94. The molecule has 2 heterocycles. The minimum atomic E-state index is -0.828. The van der Waals surface area contributed by atoms with E-state index >= 15 is 0 Å². The highest BCUT2D eigenvalue weighted by Crippen LogP contribution is 2.44. The molecular formula is C26H20N2O5S. The van der Waals surface area contributed by atoms with Crippen LogP contribution >= 0.6 is 11.3 Å². The number of aliphatic hydroxyl groups is 1. The predicted molar refractivity (Wildman–Crippen MR) is 130 cm³/mol. The first-order chi connectivity index (χ1) is 16.5. The van der Waals surface area contributed by atoms with E-state index in [-0.39, 0.29) is 11.3 Å². The lowest BCUT2D eigenvalue weighted by Crippen LogP contribution is -2.29. The van der Waals surface area contributed by atoms with Crippen LogP contribution in [-0.2, 0) is 9.59 Å². The summed E-state index contributed by atoms with van der Waals surface area (Å²) in [6.07, 6.45) is 0. The quantitative estimate of drug-likeness (QED) is 0.251. The van der Waals surface area contributed by atoms with Crippen LogP contribution in [0.2, 0.25) is 0 Å². The molecule has 5 rings (SSSR count). The molecule has 1 aromatic heterocycles. The molecular weight excluding hydrogens is 452 g/mol. The third kappa shape index (κ3) is 3.58. The Morgan fingerprint density at radius 3 is 2.29 bits per heavy atom. The number of carbonyl (C=O) groups is 2. The number of carbonyl (C=O) groups excluding carboxylic acids is 2. The zero-order chi connectivity index (χ0) is 23.8. The van der Waals surface area contributed by atoms with Crippen LogP contribution in [0.25, 0.3) is 16.0 Å². The third-order valence-electron chi connectivity index (χ3n) is 5.71. The van der Waals surface area contributed by atoms with Gasteiger partial charge in [-0.1, -0.05) is 41.7 Å². The fraction of sp³-hybridized carbons (Fsp3) is 0.115. The minimum absolute atomic E-state index is 0.0122. The van der Waals surface area contributed by atoms with Gasteiger partial charge >= 0.3 is 5.91 Å². The lowest BCUT2D eigenvalue weighted by atomic mass is 9.95. The van der Waals surface area contributed by atoms with E-state index in [0.717, 1.165) is 4.70 Å². The smallest absolute Gasteiger partial charge is 0.301 e. The Labute approximate surface area is 199 Å². The van der Waals surface area contributed by atoms with Gasteiger partial charge in [-0.2, -0.15) is 0 Å². The van der Waals surface area contributed by atoms with Gasteiger partial charge in [0.1, 0.15) is 17.3 Å². The lowest BCUT2D eigenvalue weighted by Gasteiger charge is -2.22. The molecule has 34 heavy (non-hydrogen) atoms. The SMILES string of the molecule is COc1ccc(C(O)=C2C(=O)C(=O)N(c3nc4ccc(OC)cc4s3)[C@@H]2c2ccccc2)cc1. The van der Waals surface area contributed by atoms with E-state index in [1.54, 1.807) is 50.6 Å². The Morgan fingerprint density at radius 2 is 1.62 bits per heavy atom. The van der Waals surface area contributed by atoms with Crippen molar-refractivity contribution in [1.82, 2.24) is 4.98 Å². The van der Waals surface area contributed by atoms with E-state index in [1.807, 2.05) is 36.4 Å². The highest BCUT2D eigenvalue weighted by Gasteiger charge is 2.48. The number of Topliss-reactive ketones (excluding diaryl/α,β-unsaturated/α-hetero) is 1. The van der Waals surface area contributed by atoms with Gasteiger partial charge in [-0.15, -0.1) is 0 Å². The second-order valence-corrected chi connectivity index (χ2v) is 8.65. The molecule has 170 valence electrons. The first-order valence-electron chi connectivity index (χ1n) is 10.5. The number of rotatable bonds is 5. The number of hydrogen-bond donors (Lipinski definition) is 1. The van der Waals surface area contributed by atoms with Gasteiger partial charge in [-0.05, 0) is 48.0 Å². The van der Waals surface area contributed by atoms with E-state index < -0.39 is 17.7 Å². The number of aliphatic hydroxyl groups excluding tert-OH is 1. The van der Waals surface area contributed by atoms with Gasteiger partial charge in [-0.3, -0.25) is 14.5 Å². The molecule has 1 aliphatic rings. The molecule has 4 aromatic rings. The van der Waals surface area contributed by atoms with Gasteiger partial charge in [0, 0.05) is 5.56 Å². The number of fused-ring (bicyclic) bond motifs is 1. The molecule has 1 N–H and O–H groups in total. The molecule has 0 spiro atoms. The standard InChI is InChI=1S/C26H20N2O5S/c1-32-17-10-8-16(9-11-17)23(29)21-22(15-6-4-3-5-7-15)28(25(31)24(21)30)26-27-19-13-12-18(33-2)14-20(19)34-26/h3-14,22,29H,1-2H3/t22-/m1/s1. The molecule has 0 radical (unpaired) electrons. The number of aromatic nitrogens is 1. The molecule has 0 bridgehead atoms. The summed E-state index contributed by atoms with van der Waals surface area (Å²) < 4.78 is 11.3. The van der Waals surface area contributed by atoms with Gasteiger partial charge in [0.25, 0.3) is 5.78 Å². The van der Waals surface area contributed by atoms with Crippen molar-refractivity contribution in [2.45, 2.75) is 6.04 Å². The number of ether oxygens (including phenoxy) is 2. The van der Waals surface area contributed by atoms with Crippen LogP contribution in [0.1, 0.15) is 17.2 Å². The van der Waals surface area contributed by atoms with Crippen LogP contribution in [0.4, 0.5) is 5.13 Å². The number of anilines is 1. The van der Waals surface area contributed by atoms with Crippen LogP contribution < -0.4 is 14.4 Å². The number of methoxy groups -OCH3 is 2. The summed E-state index contributed by atoms with van der Waals surface area (Å²) in [6.45, 7) is 0. The molecule has 7 nitrogen and oxygen atoms in total. The van der Waals surface area contributed by atoms with Crippen molar-refractivity contribution in [3.63, 3.8) is 0 Å². The summed E-state index contributed by atoms with van der Waals surface area (Å²) in [7, 11) is 3.12. The van der Waals surface area contributed by atoms with Crippen molar-refractivity contribution in [3.05, 3.63) is 89.5 Å². The number of hydrogen-bond acceptors (Lipinski definition) is 7. The molecule has 1 fully saturated rings. The van der Waals surface area contributed by atoms with E-state index in [4.69, 9.17) is 9.47 Å². The highest BCUT2D eigenvalue weighted by molar-refractivity contribution is 7.22. The lowest BCUT2D eigenvalue weighted by molar-refractivity contribution is -0.132. The maximum atomic E-state index is 13.3. The van der Waals surface area contributed by atoms with Crippen molar-refractivity contribution >= 4 is 44.1 Å². The molecule has 1 saturated heterocycles. The zero-order valence-electron chi connectivity index (χ0n) is 18.4. The topological polar surface area (TPSA) is 89.0 Å². The minimum Gasteiger partial charge on any atom is -0.507 e. The number of nitrogens with zero attached hydrogens (tertiary/aromatic N) is 2. The average molecular weight is 473 g/mol. The number of ketones is 1. The summed E-state index contributed by atoms with van der Waals surface area (Å²) in [5.41, 5.74) is 1.80. The third-order valence-corrected chi connectivity index (χ3v) is 6.73. The first kappa shape index (κ1) is 21.7. The largest absolute Gasteiger partial charge is 0.507 e. The monoisotopic (exact) mass is 472 g/mol. The van der Waals surface area contributed by atoms with Crippen molar-refractivity contribution in [2.24, 2.45) is 0 Å². The van der Waals surface area contributed by atoms with Crippen LogP contribution in [-0.4, -0.2) is 36.0 Å². The van der Waals surface area contributed by atoms with Gasteiger partial charge in [0.05, 0.1) is 36.1 Å². The summed E-state index contributed by atoms with van der Waals surface area (Å²) in [5.74, 6) is -0.473. The summed E-state index contributed by atoms with van der Waals surface area (Å²) >= 11 is 1.28. The van der Waals surface area contributed by atoms with Crippen LogP contribution in [0.15, 0.2) is 78.4 Å². The molecule has 0 saturated carbocycles. The second-order valence-electron chi connectivity index (χ2n) is 7.64. The van der Waals surface area contributed by atoms with E-state index in [1.165, 1.54) is 16.2 Å². The van der Waals surface area contributed by atoms with Gasteiger partial charge in [-0.25, -0.2) is 4.98 Å². The average Bonchev–Trinajstić information content (AvgIpc) is 3.41.